The van der Waals surface area contributed by atoms with Crippen molar-refractivity contribution in [2.24, 2.45) is 0 Å². The number of hydrogen-bond acceptors (Lipinski definition) is 5. The Balaban J connectivity index is 1.67. The Hall–Kier alpha value is -2.97. The van der Waals surface area contributed by atoms with Crippen LogP contribution in [0.25, 0.3) is 17.0 Å². The Morgan fingerprint density at radius 3 is 2.82 bits per heavy atom. The van der Waals surface area contributed by atoms with Gasteiger partial charge in [-0.05, 0) is 23.8 Å². The Bertz CT molecular complexity index is 1120. The molecule has 1 saturated heterocycles. The third-order valence-electron chi connectivity index (χ3n) is 4.35. The highest BCUT2D eigenvalue weighted by Gasteiger charge is 2.32. The number of rotatable bonds is 5. The van der Waals surface area contributed by atoms with Crippen LogP contribution in [0.2, 0.25) is 0 Å². The van der Waals surface area contributed by atoms with Crippen molar-refractivity contribution in [3.8, 4) is 0 Å². The van der Waals surface area contributed by atoms with Crippen LogP contribution in [-0.4, -0.2) is 35.8 Å². The van der Waals surface area contributed by atoms with Crippen molar-refractivity contribution < 1.29 is 14.7 Å². The molecule has 8 heteroatoms. The summed E-state index contributed by atoms with van der Waals surface area (Å²) in [4.78, 5) is 30.2. The number of fused-ring (bicyclic) bond motifs is 1. The van der Waals surface area contributed by atoms with Crippen molar-refractivity contribution in [1.82, 2.24) is 14.5 Å². The normalized spacial score (nSPS) is 15.7. The maximum atomic E-state index is 12.9. The molecule has 0 spiro atoms. The van der Waals surface area contributed by atoms with Gasteiger partial charge in [0.25, 0.3) is 5.91 Å². The molecule has 4 rings (SSSR count). The fraction of sp³-hybridized carbons (Fsp3) is 0.100. The molecule has 2 aromatic heterocycles. The first kappa shape index (κ1) is 18.4. The van der Waals surface area contributed by atoms with Gasteiger partial charge in [-0.15, -0.1) is 0 Å². The molecule has 1 aromatic carbocycles. The lowest BCUT2D eigenvalue weighted by Crippen LogP contribution is -2.27. The van der Waals surface area contributed by atoms with E-state index in [1.807, 2.05) is 36.4 Å². The van der Waals surface area contributed by atoms with Crippen molar-refractivity contribution in [2.75, 3.05) is 0 Å². The minimum Gasteiger partial charge on any atom is -0.480 e. The summed E-state index contributed by atoms with van der Waals surface area (Å²) < 4.78 is 2.16. The number of amides is 1. The van der Waals surface area contributed by atoms with Crippen molar-refractivity contribution in [2.45, 2.75) is 13.1 Å². The average Bonchev–Trinajstić information content (AvgIpc) is 3.15. The molecular weight excluding hydrogens is 394 g/mol. The number of aliphatic carboxylic acids is 1. The van der Waals surface area contributed by atoms with E-state index in [0.29, 0.717) is 15.8 Å². The topological polar surface area (TPSA) is 75.4 Å². The highest BCUT2D eigenvalue weighted by Crippen LogP contribution is 2.35. The number of carbonyl (C=O) groups excluding carboxylic acids is 1. The summed E-state index contributed by atoms with van der Waals surface area (Å²) in [6.07, 6.45) is 6.93. The zero-order valence-electron chi connectivity index (χ0n) is 14.6. The van der Waals surface area contributed by atoms with Crippen LogP contribution in [0.5, 0.6) is 0 Å². The summed E-state index contributed by atoms with van der Waals surface area (Å²) >= 11 is 6.64. The third kappa shape index (κ3) is 3.56. The fourth-order valence-electron chi connectivity index (χ4n) is 3.12. The number of hydrogen-bond donors (Lipinski definition) is 1. The third-order valence-corrected chi connectivity index (χ3v) is 5.73. The zero-order valence-corrected chi connectivity index (χ0v) is 16.2. The second-order valence-corrected chi connectivity index (χ2v) is 7.93. The molecule has 1 fully saturated rings. The summed E-state index contributed by atoms with van der Waals surface area (Å²) in [5.41, 5.74) is 2.50. The molecule has 0 aliphatic carbocycles. The molecule has 3 heterocycles. The van der Waals surface area contributed by atoms with E-state index >= 15 is 0 Å². The van der Waals surface area contributed by atoms with Crippen molar-refractivity contribution in [1.29, 1.82) is 0 Å². The quantitative estimate of drug-likeness (QED) is 0.513. The lowest BCUT2D eigenvalue weighted by molar-refractivity contribution is -0.137. The summed E-state index contributed by atoms with van der Waals surface area (Å²) in [6, 6.07) is 11.2. The fourth-order valence-corrected chi connectivity index (χ4v) is 4.36. The Kier molecular flexibility index (Phi) is 4.97. The molecular formula is C20H15N3O3S2. The largest absolute Gasteiger partial charge is 0.480 e. The van der Waals surface area contributed by atoms with Crippen LogP contribution in [0.1, 0.15) is 11.1 Å². The zero-order chi connectivity index (χ0) is 19.7. The molecule has 0 atom stereocenters. The smallest absolute Gasteiger partial charge is 0.323 e. The van der Waals surface area contributed by atoms with Gasteiger partial charge in [-0.25, -0.2) is 0 Å². The summed E-state index contributed by atoms with van der Waals surface area (Å²) in [5, 5.41) is 10.0. The first-order valence-electron chi connectivity index (χ1n) is 8.47. The van der Waals surface area contributed by atoms with E-state index in [2.05, 4.69) is 4.98 Å². The monoisotopic (exact) mass is 409 g/mol. The predicted octanol–water partition coefficient (Wildman–Crippen LogP) is 3.52. The molecule has 140 valence electrons. The number of pyridine rings is 1. The Labute approximate surface area is 170 Å². The van der Waals surface area contributed by atoms with E-state index in [4.69, 9.17) is 17.3 Å². The number of carbonyl (C=O) groups is 2. The summed E-state index contributed by atoms with van der Waals surface area (Å²) in [6.45, 7) is 0.229. The van der Waals surface area contributed by atoms with Gasteiger partial charge in [0, 0.05) is 35.1 Å². The van der Waals surface area contributed by atoms with Crippen LogP contribution in [-0.2, 0) is 22.7 Å². The highest BCUT2D eigenvalue weighted by atomic mass is 32.2. The van der Waals surface area contributed by atoms with Crippen molar-refractivity contribution in [3.05, 3.63) is 71.0 Å². The van der Waals surface area contributed by atoms with Crippen LogP contribution in [0, 0.1) is 0 Å². The Morgan fingerprint density at radius 2 is 2.07 bits per heavy atom. The molecule has 1 N–H and O–H groups in total. The molecule has 3 aromatic rings. The number of thiocarbonyl (C=S) groups is 1. The van der Waals surface area contributed by atoms with Crippen LogP contribution in [0.15, 0.2) is 59.9 Å². The van der Waals surface area contributed by atoms with Crippen molar-refractivity contribution in [3.63, 3.8) is 0 Å². The van der Waals surface area contributed by atoms with Crippen LogP contribution in [0.3, 0.4) is 0 Å². The maximum absolute atomic E-state index is 12.9. The maximum Gasteiger partial charge on any atom is 0.323 e. The van der Waals surface area contributed by atoms with Crippen LogP contribution >= 0.6 is 24.0 Å². The van der Waals surface area contributed by atoms with Gasteiger partial charge in [-0.2, -0.15) is 0 Å². The standard InChI is InChI=1S/C20H15N3O3S2/c24-18(25)12-22-11-14(15-5-1-2-6-16(15)22)8-17-19(26)23(20(27)28-17)10-13-4-3-7-21-9-13/h1-9,11H,10,12H2,(H,24,25)/b17-8-. The van der Waals surface area contributed by atoms with Gasteiger partial charge in [0.15, 0.2) is 0 Å². The molecule has 6 nitrogen and oxygen atoms in total. The number of thioether (sulfide) groups is 1. The molecule has 0 radical (unpaired) electrons. The highest BCUT2D eigenvalue weighted by molar-refractivity contribution is 8.26. The van der Waals surface area contributed by atoms with Gasteiger partial charge < -0.3 is 9.67 Å². The number of carboxylic acid groups (broad SMARTS) is 1. The van der Waals surface area contributed by atoms with Gasteiger partial charge in [0.2, 0.25) is 0 Å². The number of para-hydroxylation sites is 1. The predicted molar refractivity (Wildman–Crippen MR) is 113 cm³/mol. The SMILES string of the molecule is O=C(O)Cn1cc(/C=C2\SC(=S)N(Cc3cccnc3)C2=O)c2ccccc21. The molecule has 1 amide bonds. The van der Waals surface area contributed by atoms with Gasteiger partial charge in [0.05, 0.1) is 11.4 Å². The minimum absolute atomic E-state index is 0.143. The average molecular weight is 409 g/mol. The molecule has 0 saturated carbocycles. The summed E-state index contributed by atoms with van der Waals surface area (Å²) in [5.74, 6) is -1.08. The minimum atomic E-state index is -0.921. The second kappa shape index (κ2) is 7.57. The van der Waals surface area contributed by atoms with E-state index in [1.165, 1.54) is 11.8 Å². The second-order valence-electron chi connectivity index (χ2n) is 6.25. The number of nitrogens with zero attached hydrogens (tertiary/aromatic N) is 3. The molecule has 0 bridgehead atoms. The lowest BCUT2D eigenvalue weighted by Gasteiger charge is -2.13. The van der Waals surface area contributed by atoms with Crippen molar-refractivity contribution >= 4 is 57.2 Å². The molecule has 0 unspecified atom stereocenters. The van der Waals surface area contributed by atoms with Gasteiger partial charge >= 0.3 is 5.97 Å². The van der Waals surface area contributed by atoms with E-state index in [-0.39, 0.29) is 12.5 Å². The van der Waals surface area contributed by atoms with Crippen LogP contribution in [0.4, 0.5) is 0 Å². The number of benzene rings is 1. The van der Waals surface area contributed by atoms with E-state index in [0.717, 1.165) is 22.0 Å². The number of carboxylic acids is 1. The molecule has 1 aliphatic heterocycles. The van der Waals surface area contributed by atoms with Gasteiger partial charge in [-0.1, -0.05) is 48.2 Å². The lowest BCUT2D eigenvalue weighted by atomic mass is 10.1. The van der Waals surface area contributed by atoms with E-state index in [1.54, 1.807) is 34.1 Å². The summed E-state index contributed by atoms with van der Waals surface area (Å²) in [7, 11) is 0. The molecule has 1 aliphatic rings. The van der Waals surface area contributed by atoms with E-state index in [9.17, 15) is 9.59 Å². The Morgan fingerprint density at radius 1 is 1.25 bits per heavy atom. The molecule has 28 heavy (non-hydrogen) atoms. The first-order valence-corrected chi connectivity index (χ1v) is 9.69. The first-order chi connectivity index (χ1) is 13.5. The number of aromatic nitrogens is 2. The van der Waals surface area contributed by atoms with E-state index < -0.39 is 5.97 Å². The van der Waals surface area contributed by atoms with Crippen LogP contribution < -0.4 is 0 Å². The van der Waals surface area contributed by atoms with Gasteiger partial charge in [-0.3, -0.25) is 19.5 Å². The van der Waals surface area contributed by atoms with Gasteiger partial charge in [0.1, 0.15) is 10.9 Å².